The average molecular weight is 289 g/mol. The zero-order valence-electron chi connectivity index (χ0n) is 12.3. The lowest BCUT2D eigenvalue weighted by atomic mass is 10.0. The van der Waals surface area contributed by atoms with Gasteiger partial charge in [-0.15, -0.1) is 0 Å². The van der Waals surface area contributed by atoms with E-state index in [1.165, 1.54) is 0 Å². The van der Waals surface area contributed by atoms with Crippen molar-refractivity contribution in [3.63, 3.8) is 0 Å². The zero-order chi connectivity index (χ0) is 15.2. The number of hydrogen-bond donors (Lipinski definition) is 2. The summed E-state index contributed by atoms with van der Waals surface area (Å²) in [5.41, 5.74) is 4.29. The highest BCUT2D eigenvalue weighted by Crippen LogP contribution is 2.34. The van der Waals surface area contributed by atoms with E-state index in [9.17, 15) is 0 Å². The van der Waals surface area contributed by atoms with Crippen LogP contribution >= 0.6 is 0 Å². The summed E-state index contributed by atoms with van der Waals surface area (Å²) in [6.45, 7) is 0. The van der Waals surface area contributed by atoms with Crippen molar-refractivity contribution in [2.24, 2.45) is 5.84 Å². The minimum atomic E-state index is -0.359. The van der Waals surface area contributed by atoms with Gasteiger partial charge in [-0.2, -0.15) is 0 Å². The summed E-state index contributed by atoms with van der Waals surface area (Å²) < 4.78 is 16.0. The van der Waals surface area contributed by atoms with Crippen LogP contribution in [0.5, 0.6) is 17.2 Å². The maximum atomic E-state index is 5.72. The van der Waals surface area contributed by atoms with Crippen LogP contribution in [0.25, 0.3) is 0 Å². The molecule has 0 aliphatic rings. The number of pyridine rings is 1. The molecular formula is C15H19N3O3. The van der Waals surface area contributed by atoms with Gasteiger partial charge >= 0.3 is 0 Å². The fourth-order valence-corrected chi connectivity index (χ4v) is 2.17. The van der Waals surface area contributed by atoms with Gasteiger partial charge in [0.15, 0.2) is 0 Å². The normalized spacial score (nSPS) is 11.8. The van der Waals surface area contributed by atoms with Gasteiger partial charge in [-0.1, -0.05) is 0 Å². The third-order valence-corrected chi connectivity index (χ3v) is 3.21. The minimum Gasteiger partial charge on any atom is -0.497 e. The van der Waals surface area contributed by atoms with Crippen molar-refractivity contribution in [2.45, 2.75) is 6.04 Å². The van der Waals surface area contributed by atoms with Gasteiger partial charge in [0.1, 0.15) is 22.9 Å². The number of hydrazine groups is 1. The Morgan fingerprint density at radius 2 is 1.81 bits per heavy atom. The SMILES string of the molecule is COc1ccc(C(NN)c2ncccc2OC)c(OC)c1. The fraction of sp³-hybridized carbons (Fsp3) is 0.267. The highest BCUT2D eigenvalue weighted by molar-refractivity contribution is 5.47. The van der Waals surface area contributed by atoms with Gasteiger partial charge in [-0.3, -0.25) is 10.8 Å². The van der Waals surface area contributed by atoms with Gasteiger partial charge in [0, 0.05) is 17.8 Å². The van der Waals surface area contributed by atoms with Gasteiger partial charge in [0.25, 0.3) is 0 Å². The molecule has 6 nitrogen and oxygen atoms in total. The van der Waals surface area contributed by atoms with Crippen molar-refractivity contribution >= 4 is 0 Å². The van der Waals surface area contributed by atoms with E-state index in [1.54, 1.807) is 39.7 Å². The topological polar surface area (TPSA) is 78.6 Å². The van der Waals surface area contributed by atoms with E-state index in [-0.39, 0.29) is 6.04 Å². The van der Waals surface area contributed by atoms with Gasteiger partial charge in [-0.05, 0) is 24.3 Å². The number of nitrogens with one attached hydrogen (secondary N) is 1. The Labute approximate surface area is 123 Å². The second kappa shape index (κ2) is 6.92. The number of ether oxygens (including phenoxy) is 3. The molecule has 2 aromatic rings. The molecule has 0 radical (unpaired) electrons. The molecular weight excluding hydrogens is 270 g/mol. The maximum Gasteiger partial charge on any atom is 0.142 e. The van der Waals surface area contributed by atoms with Gasteiger partial charge in [-0.25, -0.2) is 5.43 Å². The summed E-state index contributed by atoms with van der Waals surface area (Å²) in [6.07, 6.45) is 1.69. The van der Waals surface area contributed by atoms with Crippen LogP contribution in [0.2, 0.25) is 0 Å². The van der Waals surface area contributed by atoms with Crippen LogP contribution < -0.4 is 25.5 Å². The van der Waals surface area contributed by atoms with Gasteiger partial charge in [0.05, 0.1) is 27.4 Å². The smallest absolute Gasteiger partial charge is 0.142 e. The number of methoxy groups -OCH3 is 3. The van der Waals surface area contributed by atoms with Crippen molar-refractivity contribution in [2.75, 3.05) is 21.3 Å². The lowest BCUT2D eigenvalue weighted by Gasteiger charge is -2.20. The van der Waals surface area contributed by atoms with E-state index in [0.29, 0.717) is 22.9 Å². The summed E-state index contributed by atoms with van der Waals surface area (Å²) in [5, 5.41) is 0. The Kier molecular flexibility index (Phi) is 4.97. The molecule has 1 aromatic carbocycles. The molecule has 1 unspecified atom stereocenters. The first kappa shape index (κ1) is 15.1. The number of hydrogen-bond acceptors (Lipinski definition) is 6. The Morgan fingerprint density at radius 1 is 1.05 bits per heavy atom. The fourth-order valence-electron chi connectivity index (χ4n) is 2.17. The largest absolute Gasteiger partial charge is 0.497 e. The van der Waals surface area contributed by atoms with E-state index in [4.69, 9.17) is 20.1 Å². The van der Waals surface area contributed by atoms with Crippen LogP contribution in [0.15, 0.2) is 36.5 Å². The molecule has 0 spiro atoms. The monoisotopic (exact) mass is 289 g/mol. The van der Waals surface area contributed by atoms with Crippen molar-refractivity contribution < 1.29 is 14.2 Å². The molecule has 0 amide bonds. The standard InChI is InChI=1S/C15H19N3O3/c1-19-10-6-7-11(13(9-10)21-3)14(18-16)15-12(20-2)5-4-8-17-15/h4-9,14,18H,16H2,1-3H3. The molecule has 0 saturated heterocycles. The molecule has 2 rings (SSSR count). The second-order valence-corrected chi connectivity index (χ2v) is 4.30. The minimum absolute atomic E-state index is 0.359. The molecule has 21 heavy (non-hydrogen) atoms. The lowest BCUT2D eigenvalue weighted by Crippen LogP contribution is -2.30. The predicted octanol–water partition coefficient (Wildman–Crippen LogP) is 1.66. The number of rotatable bonds is 6. The molecule has 1 atom stereocenters. The molecule has 112 valence electrons. The number of aromatic nitrogens is 1. The quantitative estimate of drug-likeness (QED) is 0.622. The van der Waals surface area contributed by atoms with E-state index in [0.717, 1.165) is 5.56 Å². The summed E-state index contributed by atoms with van der Waals surface area (Å²) in [7, 11) is 4.80. The number of nitrogens with zero attached hydrogens (tertiary/aromatic N) is 1. The Bertz CT molecular complexity index is 604. The van der Waals surface area contributed by atoms with Crippen LogP contribution in [-0.4, -0.2) is 26.3 Å². The molecule has 0 saturated carbocycles. The van der Waals surface area contributed by atoms with E-state index in [1.807, 2.05) is 18.2 Å². The van der Waals surface area contributed by atoms with E-state index >= 15 is 0 Å². The van der Waals surface area contributed by atoms with Crippen LogP contribution in [-0.2, 0) is 0 Å². The van der Waals surface area contributed by atoms with Crippen LogP contribution in [0, 0.1) is 0 Å². The second-order valence-electron chi connectivity index (χ2n) is 4.30. The molecule has 0 fully saturated rings. The Balaban J connectivity index is 2.51. The molecule has 0 bridgehead atoms. The molecule has 0 aliphatic carbocycles. The predicted molar refractivity (Wildman–Crippen MR) is 79.5 cm³/mol. The van der Waals surface area contributed by atoms with Crippen molar-refractivity contribution in [1.82, 2.24) is 10.4 Å². The first-order valence-electron chi connectivity index (χ1n) is 6.42. The Hall–Kier alpha value is -2.31. The summed E-state index contributed by atoms with van der Waals surface area (Å²) >= 11 is 0. The lowest BCUT2D eigenvalue weighted by molar-refractivity contribution is 0.382. The highest BCUT2D eigenvalue weighted by Gasteiger charge is 2.22. The van der Waals surface area contributed by atoms with Crippen molar-refractivity contribution in [3.05, 3.63) is 47.8 Å². The maximum absolute atomic E-state index is 5.72. The molecule has 0 aliphatic heterocycles. The molecule has 1 heterocycles. The van der Waals surface area contributed by atoms with Gasteiger partial charge in [0.2, 0.25) is 0 Å². The number of nitrogens with two attached hydrogens (primary N) is 1. The van der Waals surface area contributed by atoms with Gasteiger partial charge < -0.3 is 14.2 Å². The van der Waals surface area contributed by atoms with E-state index in [2.05, 4.69) is 10.4 Å². The summed E-state index contributed by atoms with van der Waals surface area (Å²) in [4.78, 5) is 4.36. The third kappa shape index (κ3) is 3.07. The first-order chi connectivity index (χ1) is 10.2. The summed E-state index contributed by atoms with van der Waals surface area (Å²) in [5.74, 6) is 7.74. The molecule has 3 N–H and O–H groups in total. The van der Waals surface area contributed by atoms with Crippen LogP contribution in [0.1, 0.15) is 17.3 Å². The zero-order valence-corrected chi connectivity index (χ0v) is 12.3. The number of benzene rings is 1. The summed E-state index contributed by atoms with van der Waals surface area (Å²) in [6, 6.07) is 8.81. The average Bonchev–Trinajstić information content (AvgIpc) is 2.56. The Morgan fingerprint density at radius 3 is 2.43 bits per heavy atom. The molecule has 1 aromatic heterocycles. The highest BCUT2D eigenvalue weighted by atomic mass is 16.5. The van der Waals surface area contributed by atoms with Crippen molar-refractivity contribution in [3.8, 4) is 17.2 Å². The third-order valence-electron chi connectivity index (χ3n) is 3.21. The van der Waals surface area contributed by atoms with Crippen LogP contribution in [0.4, 0.5) is 0 Å². The van der Waals surface area contributed by atoms with Crippen LogP contribution in [0.3, 0.4) is 0 Å². The van der Waals surface area contributed by atoms with Crippen molar-refractivity contribution in [1.29, 1.82) is 0 Å². The molecule has 6 heteroatoms. The first-order valence-corrected chi connectivity index (χ1v) is 6.42. The van der Waals surface area contributed by atoms with E-state index < -0.39 is 0 Å².